The van der Waals surface area contributed by atoms with Crippen LogP contribution in [0.25, 0.3) is 0 Å². The van der Waals surface area contributed by atoms with Crippen LogP contribution in [0.4, 0.5) is 0 Å². The fraction of sp³-hybridized carbons (Fsp3) is 0.625. The summed E-state index contributed by atoms with van der Waals surface area (Å²) in [7, 11) is 3.64. The summed E-state index contributed by atoms with van der Waals surface area (Å²) in [6.45, 7) is 9.13. The Labute approximate surface area is 122 Å². The summed E-state index contributed by atoms with van der Waals surface area (Å²) in [4.78, 5) is 0. The van der Waals surface area contributed by atoms with E-state index in [1.165, 1.54) is 0 Å². The Morgan fingerprint density at radius 1 is 1.32 bits per heavy atom. The maximum absolute atomic E-state index is 6.36. The van der Waals surface area contributed by atoms with Crippen molar-refractivity contribution >= 4 is 11.6 Å². The Kier molecular flexibility index (Phi) is 5.69. The smallest absolute Gasteiger partial charge is 0.120 e. The molecule has 0 bridgehead atoms. The van der Waals surface area contributed by atoms with Gasteiger partial charge >= 0.3 is 0 Å². The highest BCUT2D eigenvalue weighted by molar-refractivity contribution is 6.31. The van der Waals surface area contributed by atoms with E-state index in [1.54, 1.807) is 7.11 Å². The van der Waals surface area contributed by atoms with Gasteiger partial charge in [0.15, 0.2) is 0 Å². The molecule has 2 atom stereocenters. The minimum absolute atomic E-state index is 0.271. The van der Waals surface area contributed by atoms with Gasteiger partial charge in [-0.05, 0) is 42.5 Å². The van der Waals surface area contributed by atoms with E-state index in [-0.39, 0.29) is 6.04 Å². The molecule has 0 saturated carbocycles. The number of methoxy groups -OCH3 is 1. The fourth-order valence-electron chi connectivity index (χ4n) is 2.02. The van der Waals surface area contributed by atoms with Crippen molar-refractivity contribution < 1.29 is 4.74 Å². The van der Waals surface area contributed by atoms with E-state index in [1.807, 2.05) is 19.2 Å². The molecule has 0 aromatic heterocycles. The van der Waals surface area contributed by atoms with Crippen LogP contribution in [0.1, 0.15) is 45.7 Å². The van der Waals surface area contributed by atoms with Gasteiger partial charge in [0.2, 0.25) is 0 Å². The molecule has 0 spiro atoms. The maximum Gasteiger partial charge on any atom is 0.120 e. The Bertz CT molecular complexity index is 412. The molecule has 2 nitrogen and oxygen atoms in total. The second-order valence-electron chi connectivity index (χ2n) is 6.23. The first-order valence-corrected chi connectivity index (χ1v) is 7.18. The second-order valence-corrected chi connectivity index (χ2v) is 6.64. The van der Waals surface area contributed by atoms with Crippen molar-refractivity contribution in [2.45, 2.75) is 40.2 Å². The lowest BCUT2D eigenvalue weighted by molar-refractivity contribution is 0.226. The fourth-order valence-corrected chi connectivity index (χ4v) is 2.33. The van der Waals surface area contributed by atoms with Gasteiger partial charge in [0.05, 0.1) is 7.11 Å². The minimum atomic E-state index is 0.271. The van der Waals surface area contributed by atoms with E-state index < -0.39 is 0 Å². The molecule has 0 saturated heterocycles. The summed E-state index contributed by atoms with van der Waals surface area (Å²) in [5.41, 5.74) is 1.44. The van der Waals surface area contributed by atoms with Crippen LogP contribution >= 0.6 is 11.6 Å². The average molecular weight is 284 g/mol. The number of hydrogen-bond donors (Lipinski definition) is 1. The van der Waals surface area contributed by atoms with Gasteiger partial charge in [0, 0.05) is 11.1 Å². The summed E-state index contributed by atoms with van der Waals surface area (Å²) in [5, 5.41) is 4.14. The summed E-state index contributed by atoms with van der Waals surface area (Å²) in [6.07, 6.45) is 1.06. The van der Waals surface area contributed by atoms with E-state index >= 15 is 0 Å². The molecular formula is C16H26ClNO. The third-order valence-corrected chi connectivity index (χ3v) is 4.33. The number of rotatable bonds is 5. The zero-order chi connectivity index (χ0) is 14.6. The average Bonchev–Trinajstić information content (AvgIpc) is 2.34. The molecule has 0 aliphatic heterocycles. The molecule has 2 unspecified atom stereocenters. The SMILES string of the molecule is CNC(CC(C)C(C)(C)C)c1ccc(OC)cc1Cl. The molecule has 1 aromatic rings. The van der Waals surface area contributed by atoms with Gasteiger partial charge in [-0.15, -0.1) is 0 Å². The topological polar surface area (TPSA) is 21.3 Å². The molecule has 0 heterocycles. The zero-order valence-electron chi connectivity index (χ0n) is 12.9. The molecule has 1 rings (SSSR count). The van der Waals surface area contributed by atoms with Crippen LogP contribution in [0.15, 0.2) is 18.2 Å². The van der Waals surface area contributed by atoms with Crippen LogP contribution in [-0.4, -0.2) is 14.2 Å². The van der Waals surface area contributed by atoms with Crippen molar-refractivity contribution in [3.63, 3.8) is 0 Å². The quantitative estimate of drug-likeness (QED) is 0.847. The van der Waals surface area contributed by atoms with Crippen LogP contribution < -0.4 is 10.1 Å². The summed E-state index contributed by atoms with van der Waals surface area (Å²) in [6, 6.07) is 6.17. The van der Waals surface area contributed by atoms with Crippen LogP contribution in [0.3, 0.4) is 0 Å². The summed E-state index contributed by atoms with van der Waals surface area (Å²) < 4.78 is 5.19. The minimum Gasteiger partial charge on any atom is -0.497 e. The Hall–Kier alpha value is -0.730. The van der Waals surface area contributed by atoms with Crippen LogP contribution in [0, 0.1) is 11.3 Å². The predicted molar refractivity (Wildman–Crippen MR) is 83.0 cm³/mol. The first kappa shape index (κ1) is 16.3. The van der Waals surface area contributed by atoms with Gasteiger partial charge < -0.3 is 10.1 Å². The maximum atomic E-state index is 6.36. The number of nitrogens with one attached hydrogen (secondary N) is 1. The summed E-state index contributed by atoms with van der Waals surface area (Å²) in [5.74, 6) is 1.40. The van der Waals surface area contributed by atoms with Gasteiger partial charge in [-0.3, -0.25) is 0 Å². The van der Waals surface area contributed by atoms with Crippen LogP contribution in [-0.2, 0) is 0 Å². The molecule has 19 heavy (non-hydrogen) atoms. The van der Waals surface area contributed by atoms with Gasteiger partial charge in [0.1, 0.15) is 5.75 Å². The van der Waals surface area contributed by atoms with E-state index in [4.69, 9.17) is 16.3 Å². The van der Waals surface area contributed by atoms with Gasteiger partial charge in [0.25, 0.3) is 0 Å². The molecule has 0 amide bonds. The second kappa shape index (κ2) is 6.62. The number of benzene rings is 1. The molecule has 0 aliphatic carbocycles. The molecule has 0 aliphatic rings. The lowest BCUT2D eigenvalue weighted by atomic mass is 9.77. The zero-order valence-corrected chi connectivity index (χ0v) is 13.6. The Morgan fingerprint density at radius 2 is 1.95 bits per heavy atom. The highest BCUT2D eigenvalue weighted by atomic mass is 35.5. The van der Waals surface area contributed by atoms with E-state index in [0.717, 1.165) is 22.8 Å². The highest BCUT2D eigenvalue weighted by Crippen LogP contribution is 2.36. The van der Waals surface area contributed by atoms with Gasteiger partial charge in [-0.25, -0.2) is 0 Å². The molecule has 1 N–H and O–H groups in total. The highest BCUT2D eigenvalue weighted by Gasteiger charge is 2.24. The van der Waals surface area contributed by atoms with E-state index in [9.17, 15) is 0 Å². The van der Waals surface area contributed by atoms with E-state index in [2.05, 4.69) is 39.1 Å². The lowest BCUT2D eigenvalue weighted by Gasteiger charge is -2.31. The van der Waals surface area contributed by atoms with Crippen LogP contribution in [0.2, 0.25) is 5.02 Å². The van der Waals surface area contributed by atoms with Crippen molar-refractivity contribution in [2.24, 2.45) is 11.3 Å². The molecule has 108 valence electrons. The molecular weight excluding hydrogens is 258 g/mol. The third kappa shape index (κ3) is 4.39. The summed E-state index contributed by atoms with van der Waals surface area (Å²) >= 11 is 6.36. The molecule has 1 aromatic carbocycles. The van der Waals surface area contributed by atoms with Crippen molar-refractivity contribution in [1.82, 2.24) is 5.32 Å². The number of ether oxygens (including phenoxy) is 1. The Morgan fingerprint density at radius 3 is 2.37 bits per heavy atom. The van der Waals surface area contributed by atoms with Crippen molar-refractivity contribution in [3.8, 4) is 5.75 Å². The first-order valence-electron chi connectivity index (χ1n) is 6.80. The van der Waals surface area contributed by atoms with Crippen LogP contribution in [0.5, 0.6) is 5.75 Å². The van der Waals surface area contributed by atoms with Crippen molar-refractivity contribution in [2.75, 3.05) is 14.2 Å². The lowest BCUT2D eigenvalue weighted by Crippen LogP contribution is -2.25. The normalized spacial score (nSPS) is 15.1. The monoisotopic (exact) mass is 283 g/mol. The molecule has 0 fully saturated rings. The third-order valence-electron chi connectivity index (χ3n) is 4.00. The van der Waals surface area contributed by atoms with Crippen molar-refractivity contribution in [3.05, 3.63) is 28.8 Å². The first-order chi connectivity index (χ1) is 8.79. The predicted octanol–water partition coefficient (Wildman–Crippen LogP) is 4.68. The number of halogens is 1. The van der Waals surface area contributed by atoms with Gasteiger partial charge in [-0.2, -0.15) is 0 Å². The van der Waals surface area contributed by atoms with E-state index in [0.29, 0.717) is 11.3 Å². The molecule has 3 heteroatoms. The van der Waals surface area contributed by atoms with Crippen molar-refractivity contribution in [1.29, 1.82) is 0 Å². The number of hydrogen-bond acceptors (Lipinski definition) is 2. The Balaban J connectivity index is 2.92. The largest absolute Gasteiger partial charge is 0.497 e. The van der Waals surface area contributed by atoms with Gasteiger partial charge in [-0.1, -0.05) is 45.4 Å². The standard InChI is InChI=1S/C16H26ClNO/c1-11(16(2,3)4)9-15(18-5)13-8-7-12(19-6)10-14(13)17/h7-8,10-11,15,18H,9H2,1-6H3. The molecule has 0 radical (unpaired) electrons.